The average molecular weight is 389 g/mol. The summed E-state index contributed by atoms with van der Waals surface area (Å²) in [6.45, 7) is 7.37. The van der Waals surface area contributed by atoms with E-state index in [4.69, 9.17) is 14.2 Å². The molecule has 0 bridgehead atoms. The van der Waals surface area contributed by atoms with E-state index in [9.17, 15) is 9.90 Å². The number of ether oxygens (including phenoxy) is 3. The largest absolute Gasteiger partial charge is 0.431 e. The fourth-order valence-corrected chi connectivity index (χ4v) is 7.58. The van der Waals surface area contributed by atoms with E-state index in [0.717, 1.165) is 44.3 Å². The van der Waals surface area contributed by atoms with Gasteiger partial charge < -0.3 is 19.3 Å². The monoisotopic (exact) mass is 388 g/mol. The third-order valence-electron chi connectivity index (χ3n) is 8.74. The molecule has 1 heterocycles. The van der Waals surface area contributed by atoms with Crippen molar-refractivity contribution in [3.8, 4) is 0 Å². The number of hydrogen-bond acceptors (Lipinski definition) is 5. The topological polar surface area (TPSA) is 65.0 Å². The van der Waals surface area contributed by atoms with Crippen molar-refractivity contribution >= 4 is 5.97 Å². The summed E-state index contributed by atoms with van der Waals surface area (Å²) in [6, 6.07) is 0. The minimum absolute atomic E-state index is 0.0690. The lowest BCUT2D eigenvalue weighted by Crippen LogP contribution is -2.59. The smallest absolute Gasteiger partial charge is 0.307 e. The molecule has 1 N–H and O–H groups in total. The average Bonchev–Trinajstić information content (AvgIpc) is 3.21. The molecule has 0 radical (unpaired) electrons. The lowest BCUT2D eigenvalue weighted by atomic mass is 9.47. The Kier molecular flexibility index (Phi) is 4.15. The van der Waals surface area contributed by atoms with E-state index in [-0.39, 0.29) is 28.8 Å². The van der Waals surface area contributed by atoms with Crippen molar-refractivity contribution < 1.29 is 24.1 Å². The second kappa shape index (κ2) is 6.16. The number of hydrogen-bond donors (Lipinski definition) is 1. The molecular formula is C23H32O5. The van der Waals surface area contributed by atoms with Crippen LogP contribution in [0, 0.1) is 28.6 Å². The summed E-state index contributed by atoms with van der Waals surface area (Å²) < 4.78 is 17.7. The number of allylic oxidation sites excluding steroid dienone is 4. The molecule has 3 unspecified atom stereocenters. The van der Waals surface area contributed by atoms with Gasteiger partial charge in [-0.05, 0) is 60.5 Å². The van der Waals surface area contributed by atoms with Gasteiger partial charge in [-0.15, -0.1) is 0 Å². The molecule has 1 aliphatic heterocycles. The lowest BCUT2D eigenvalue weighted by molar-refractivity contribution is -0.255. The summed E-state index contributed by atoms with van der Waals surface area (Å²) in [5.74, 6) is 1.19. The second-order valence-corrected chi connectivity index (χ2v) is 9.99. The standard InChI is InChI=1S/C23H32O5/c1-14(24)28-16-6-8-21(2)15(12-16)4-5-17-18-7-9-23(26-10-11-27-23)22(18,3)13-19(25)20(17)21/h4,12,17-20,25H,5-11,13H2,1-3H3/t17?,18?,19-,20?,21-,22-/m0/s1. The summed E-state index contributed by atoms with van der Waals surface area (Å²) in [7, 11) is 0. The minimum Gasteiger partial charge on any atom is -0.431 e. The van der Waals surface area contributed by atoms with Crippen LogP contribution in [0.4, 0.5) is 0 Å². The number of carbonyl (C=O) groups excluding carboxylic acids is 1. The van der Waals surface area contributed by atoms with Crippen LogP contribution < -0.4 is 0 Å². The Morgan fingerprint density at radius 2 is 2.00 bits per heavy atom. The molecule has 0 amide bonds. The highest BCUT2D eigenvalue weighted by Crippen LogP contribution is 2.68. The molecule has 5 nitrogen and oxygen atoms in total. The van der Waals surface area contributed by atoms with Gasteiger partial charge in [0, 0.05) is 25.2 Å². The molecule has 0 aromatic rings. The summed E-state index contributed by atoms with van der Waals surface area (Å²) in [4.78, 5) is 11.4. The predicted octanol–water partition coefficient (Wildman–Crippen LogP) is 3.72. The minimum atomic E-state index is -0.497. The number of aliphatic hydroxyl groups is 1. The molecule has 1 spiro atoms. The number of carbonyl (C=O) groups is 1. The highest BCUT2D eigenvalue weighted by molar-refractivity contribution is 5.67. The van der Waals surface area contributed by atoms with Crippen LogP contribution in [0.25, 0.3) is 0 Å². The summed E-state index contributed by atoms with van der Waals surface area (Å²) >= 11 is 0. The van der Waals surface area contributed by atoms with Crippen molar-refractivity contribution in [2.45, 2.75) is 71.2 Å². The van der Waals surface area contributed by atoms with Crippen LogP contribution in [-0.2, 0) is 19.0 Å². The molecule has 5 rings (SSSR count). The van der Waals surface area contributed by atoms with Gasteiger partial charge in [-0.25, -0.2) is 0 Å². The third-order valence-corrected chi connectivity index (χ3v) is 8.74. The first kappa shape index (κ1) is 18.8. The van der Waals surface area contributed by atoms with E-state index >= 15 is 0 Å². The van der Waals surface area contributed by atoms with Gasteiger partial charge in [0.15, 0.2) is 5.79 Å². The number of esters is 1. The number of rotatable bonds is 1. The quantitative estimate of drug-likeness (QED) is 0.694. The molecule has 28 heavy (non-hydrogen) atoms. The normalized spacial score (nSPS) is 46.3. The van der Waals surface area contributed by atoms with Crippen molar-refractivity contribution in [3.05, 3.63) is 23.5 Å². The zero-order chi connectivity index (χ0) is 19.7. The van der Waals surface area contributed by atoms with Crippen LogP contribution in [-0.4, -0.2) is 36.2 Å². The zero-order valence-electron chi connectivity index (χ0n) is 17.2. The fourth-order valence-electron chi connectivity index (χ4n) is 7.58. The highest BCUT2D eigenvalue weighted by atomic mass is 16.7. The Hall–Kier alpha value is -1.17. The van der Waals surface area contributed by atoms with Crippen LogP contribution in [0.1, 0.15) is 59.3 Å². The Labute approximate surface area is 167 Å². The van der Waals surface area contributed by atoms with Crippen LogP contribution in [0.3, 0.4) is 0 Å². The van der Waals surface area contributed by atoms with Crippen LogP contribution >= 0.6 is 0 Å². The van der Waals surface area contributed by atoms with Crippen LogP contribution in [0.2, 0.25) is 0 Å². The first-order valence-corrected chi connectivity index (χ1v) is 10.8. The summed E-state index contributed by atoms with van der Waals surface area (Å²) in [6.07, 6.45) is 9.44. The first-order chi connectivity index (χ1) is 13.3. The van der Waals surface area contributed by atoms with Gasteiger partial charge in [-0.1, -0.05) is 19.9 Å². The van der Waals surface area contributed by atoms with Gasteiger partial charge in [0.05, 0.1) is 19.3 Å². The molecule has 4 aliphatic carbocycles. The molecule has 154 valence electrons. The Morgan fingerprint density at radius 1 is 1.25 bits per heavy atom. The Balaban J connectivity index is 1.50. The van der Waals surface area contributed by atoms with E-state index in [1.807, 2.05) is 0 Å². The Bertz CT molecular complexity index is 748. The van der Waals surface area contributed by atoms with Gasteiger partial charge in [0.25, 0.3) is 0 Å². The van der Waals surface area contributed by atoms with E-state index < -0.39 is 5.79 Å². The summed E-state index contributed by atoms with van der Waals surface area (Å²) in [5, 5.41) is 11.4. The zero-order valence-corrected chi connectivity index (χ0v) is 17.2. The van der Waals surface area contributed by atoms with E-state index in [2.05, 4.69) is 26.0 Å². The molecule has 6 atom stereocenters. The van der Waals surface area contributed by atoms with Gasteiger partial charge in [0.1, 0.15) is 5.76 Å². The first-order valence-electron chi connectivity index (χ1n) is 10.8. The molecular weight excluding hydrogens is 356 g/mol. The second-order valence-electron chi connectivity index (χ2n) is 9.99. The van der Waals surface area contributed by atoms with Crippen molar-refractivity contribution in [1.29, 1.82) is 0 Å². The van der Waals surface area contributed by atoms with Crippen LogP contribution in [0.15, 0.2) is 23.5 Å². The number of aliphatic hydroxyl groups excluding tert-OH is 1. The number of fused-ring (bicyclic) bond motifs is 6. The maximum absolute atomic E-state index is 11.4. The van der Waals surface area contributed by atoms with E-state index in [1.54, 1.807) is 0 Å². The molecule has 0 aromatic carbocycles. The van der Waals surface area contributed by atoms with Crippen molar-refractivity contribution in [1.82, 2.24) is 0 Å². The molecule has 3 fully saturated rings. The van der Waals surface area contributed by atoms with Gasteiger partial charge in [0.2, 0.25) is 0 Å². The molecule has 1 saturated heterocycles. The van der Waals surface area contributed by atoms with Crippen molar-refractivity contribution in [2.24, 2.45) is 28.6 Å². The lowest BCUT2D eigenvalue weighted by Gasteiger charge is -2.59. The maximum atomic E-state index is 11.4. The molecule has 2 saturated carbocycles. The molecule has 5 heteroatoms. The van der Waals surface area contributed by atoms with Crippen molar-refractivity contribution in [3.63, 3.8) is 0 Å². The molecule has 0 aromatic heterocycles. The fraction of sp³-hybridized carbons (Fsp3) is 0.783. The SMILES string of the molecule is CC(=O)OC1=CC2=CCC3C([C@@H](O)C[C@@]4(C)C3CCC43OCCO3)[C@@]2(C)CC1. The van der Waals surface area contributed by atoms with Gasteiger partial charge >= 0.3 is 5.97 Å². The van der Waals surface area contributed by atoms with Crippen LogP contribution in [0.5, 0.6) is 0 Å². The maximum Gasteiger partial charge on any atom is 0.307 e. The van der Waals surface area contributed by atoms with Crippen molar-refractivity contribution in [2.75, 3.05) is 13.2 Å². The van der Waals surface area contributed by atoms with Gasteiger partial charge in [-0.3, -0.25) is 4.79 Å². The summed E-state index contributed by atoms with van der Waals surface area (Å²) in [5.41, 5.74) is 1.04. The van der Waals surface area contributed by atoms with E-state index in [1.165, 1.54) is 12.5 Å². The van der Waals surface area contributed by atoms with E-state index in [0.29, 0.717) is 25.0 Å². The third kappa shape index (κ3) is 2.39. The van der Waals surface area contributed by atoms with Gasteiger partial charge in [-0.2, -0.15) is 0 Å². The highest BCUT2D eigenvalue weighted by Gasteiger charge is 2.68. The molecule has 5 aliphatic rings. The predicted molar refractivity (Wildman–Crippen MR) is 103 cm³/mol. The Morgan fingerprint density at radius 3 is 2.71 bits per heavy atom.